The zero-order valence-corrected chi connectivity index (χ0v) is 17.1. The first-order chi connectivity index (χ1) is 14.2. The Morgan fingerprint density at radius 3 is 2.14 bits per heavy atom. The molecule has 0 aliphatic carbocycles. The fraction of sp³-hybridized carbons (Fsp3) is 0.440. The first kappa shape index (κ1) is 20.3. The smallest absolute Gasteiger partial charge is 0.184 e. The summed E-state index contributed by atoms with van der Waals surface area (Å²) in [7, 11) is 0. The van der Waals surface area contributed by atoms with Crippen LogP contribution in [0.15, 0.2) is 73.3 Å². The van der Waals surface area contributed by atoms with Crippen LogP contribution in [0.1, 0.15) is 44.0 Å². The van der Waals surface area contributed by atoms with E-state index in [2.05, 4.69) is 20.4 Å². The summed E-state index contributed by atoms with van der Waals surface area (Å²) in [5.41, 5.74) is 2.08. The van der Waals surface area contributed by atoms with E-state index in [1.807, 2.05) is 66.7 Å². The van der Waals surface area contributed by atoms with Gasteiger partial charge >= 0.3 is 0 Å². The third-order valence-electron chi connectivity index (χ3n) is 5.92. The van der Waals surface area contributed by atoms with Gasteiger partial charge < -0.3 is 18.9 Å². The van der Waals surface area contributed by atoms with Gasteiger partial charge in [-0.3, -0.25) is 0 Å². The summed E-state index contributed by atoms with van der Waals surface area (Å²) in [5.74, 6) is 0.478. The van der Waals surface area contributed by atoms with Gasteiger partial charge in [-0.2, -0.15) is 0 Å². The molecule has 2 aromatic rings. The summed E-state index contributed by atoms with van der Waals surface area (Å²) in [4.78, 5) is 0. The van der Waals surface area contributed by atoms with E-state index in [1.165, 1.54) is 0 Å². The Bertz CT molecular complexity index is 778. The monoisotopic (exact) mass is 394 g/mol. The van der Waals surface area contributed by atoms with E-state index in [0.717, 1.165) is 17.5 Å². The molecule has 2 fully saturated rings. The van der Waals surface area contributed by atoms with E-state index >= 15 is 0 Å². The highest BCUT2D eigenvalue weighted by Gasteiger charge is 2.41. The van der Waals surface area contributed by atoms with Crippen LogP contribution >= 0.6 is 0 Å². The zero-order valence-electron chi connectivity index (χ0n) is 17.1. The molecule has 4 nitrogen and oxygen atoms in total. The minimum atomic E-state index is -0.388. The van der Waals surface area contributed by atoms with Crippen molar-refractivity contribution in [3.05, 3.63) is 84.4 Å². The Labute approximate surface area is 173 Å². The molecule has 0 spiro atoms. The third kappa shape index (κ3) is 4.62. The molecule has 2 aliphatic heterocycles. The van der Waals surface area contributed by atoms with Crippen LogP contribution in [0.25, 0.3) is 0 Å². The standard InChI is InChI=1S/C25H30O4/c1-4-21-15-22(28-25(27-21)20-13-9-6-10-14-20)18(3)23-17(2)16-26-24(29-23)19-11-7-5-8-12-19/h4-14,17-18,21-25H,1,15-16H2,2-3H3/t17-,18-,21+,22+,23-,24-,25+/m0/s1. The summed E-state index contributed by atoms with van der Waals surface area (Å²) in [5, 5.41) is 0. The molecule has 0 bridgehead atoms. The fourth-order valence-corrected chi connectivity index (χ4v) is 4.24. The van der Waals surface area contributed by atoms with E-state index in [-0.39, 0.29) is 42.7 Å². The van der Waals surface area contributed by atoms with Crippen LogP contribution in [0.4, 0.5) is 0 Å². The molecule has 4 heteroatoms. The van der Waals surface area contributed by atoms with Gasteiger partial charge in [0.25, 0.3) is 0 Å². The number of benzene rings is 2. The molecule has 2 aliphatic rings. The molecule has 2 heterocycles. The van der Waals surface area contributed by atoms with Crippen LogP contribution in [-0.2, 0) is 18.9 Å². The van der Waals surface area contributed by atoms with E-state index < -0.39 is 0 Å². The molecule has 0 aromatic heterocycles. The molecular weight excluding hydrogens is 364 g/mol. The summed E-state index contributed by atoms with van der Waals surface area (Å²) >= 11 is 0. The first-order valence-electron chi connectivity index (χ1n) is 10.5. The Morgan fingerprint density at radius 1 is 0.897 bits per heavy atom. The maximum atomic E-state index is 6.44. The van der Waals surface area contributed by atoms with Gasteiger partial charge in [0.05, 0.1) is 24.9 Å². The second-order valence-corrected chi connectivity index (χ2v) is 8.08. The number of ether oxygens (including phenoxy) is 4. The van der Waals surface area contributed by atoms with E-state index in [4.69, 9.17) is 18.9 Å². The van der Waals surface area contributed by atoms with Crippen molar-refractivity contribution in [2.45, 2.75) is 51.2 Å². The molecule has 4 rings (SSSR count). The number of rotatable bonds is 5. The molecule has 0 unspecified atom stereocenters. The third-order valence-corrected chi connectivity index (χ3v) is 5.92. The maximum absolute atomic E-state index is 6.44. The lowest BCUT2D eigenvalue weighted by Crippen LogP contribution is -2.46. The Balaban J connectivity index is 1.50. The number of hydrogen-bond acceptors (Lipinski definition) is 4. The lowest BCUT2D eigenvalue weighted by molar-refractivity contribution is -0.286. The van der Waals surface area contributed by atoms with Gasteiger partial charge in [-0.15, -0.1) is 6.58 Å². The van der Waals surface area contributed by atoms with E-state index in [0.29, 0.717) is 6.61 Å². The highest BCUT2D eigenvalue weighted by molar-refractivity contribution is 5.17. The Hall–Kier alpha value is -1.98. The van der Waals surface area contributed by atoms with Gasteiger partial charge in [-0.25, -0.2) is 0 Å². The summed E-state index contributed by atoms with van der Waals surface area (Å²) in [6.07, 6.45) is 1.94. The lowest BCUT2D eigenvalue weighted by Gasteiger charge is -2.44. The van der Waals surface area contributed by atoms with Crippen LogP contribution in [0, 0.1) is 11.8 Å². The van der Waals surface area contributed by atoms with E-state index in [9.17, 15) is 0 Å². The molecule has 0 radical (unpaired) electrons. The van der Waals surface area contributed by atoms with Crippen molar-refractivity contribution < 1.29 is 18.9 Å². The SMILES string of the molecule is C=C[C@@H]1C[C@H]([C@H](C)[C@H]2O[C@@H](c3ccccc3)OC[C@@H]2C)O[C@H](c2ccccc2)O1. The average molecular weight is 395 g/mol. The van der Waals surface area contributed by atoms with Crippen LogP contribution in [0.5, 0.6) is 0 Å². The molecule has 2 saturated heterocycles. The highest BCUT2D eigenvalue weighted by Crippen LogP contribution is 2.39. The predicted molar refractivity (Wildman–Crippen MR) is 112 cm³/mol. The molecule has 2 aromatic carbocycles. The van der Waals surface area contributed by atoms with Gasteiger partial charge in [0, 0.05) is 29.4 Å². The quantitative estimate of drug-likeness (QED) is 0.634. The predicted octanol–water partition coefficient (Wildman–Crippen LogP) is 5.43. The van der Waals surface area contributed by atoms with Gasteiger partial charge in [0.15, 0.2) is 12.6 Å². The molecule has 7 atom stereocenters. The Kier molecular flexibility index (Phi) is 6.46. The second kappa shape index (κ2) is 9.23. The second-order valence-electron chi connectivity index (χ2n) is 8.08. The maximum Gasteiger partial charge on any atom is 0.184 e. The van der Waals surface area contributed by atoms with Gasteiger partial charge in [0.1, 0.15) is 0 Å². The van der Waals surface area contributed by atoms with Gasteiger partial charge in [-0.05, 0) is 0 Å². The van der Waals surface area contributed by atoms with Crippen LogP contribution < -0.4 is 0 Å². The van der Waals surface area contributed by atoms with Crippen molar-refractivity contribution in [3.8, 4) is 0 Å². The van der Waals surface area contributed by atoms with Crippen LogP contribution in [-0.4, -0.2) is 24.9 Å². The molecule has 0 saturated carbocycles. The van der Waals surface area contributed by atoms with Crippen molar-refractivity contribution in [1.29, 1.82) is 0 Å². The van der Waals surface area contributed by atoms with Crippen molar-refractivity contribution in [2.75, 3.05) is 6.61 Å². The molecule has 154 valence electrons. The van der Waals surface area contributed by atoms with E-state index in [1.54, 1.807) is 0 Å². The van der Waals surface area contributed by atoms with Crippen LogP contribution in [0.3, 0.4) is 0 Å². The van der Waals surface area contributed by atoms with Crippen molar-refractivity contribution in [1.82, 2.24) is 0 Å². The zero-order chi connectivity index (χ0) is 20.2. The molecule has 29 heavy (non-hydrogen) atoms. The minimum absolute atomic E-state index is 0.0129. The fourth-order valence-electron chi connectivity index (χ4n) is 4.24. The number of hydrogen-bond donors (Lipinski definition) is 0. The van der Waals surface area contributed by atoms with Crippen LogP contribution in [0.2, 0.25) is 0 Å². The van der Waals surface area contributed by atoms with Gasteiger partial charge in [-0.1, -0.05) is 80.6 Å². The highest BCUT2D eigenvalue weighted by atomic mass is 16.7. The summed E-state index contributed by atoms with van der Waals surface area (Å²) in [6, 6.07) is 20.2. The summed E-state index contributed by atoms with van der Waals surface area (Å²) < 4.78 is 24.9. The topological polar surface area (TPSA) is 36.9 Å². The molecule has 0 N–H and O–H groups in total. The lowest BCUT2D eigenvalue weighted by atomic mass is 9.86. The van der Waals surface area contributed by atoms with Crippen molar-refractivity contribution in [2.24, 2.45) is 11.8 Å². The average Bonchev–Trinajstić information content (AvgIpc) is 2.79. The van der Waals surface area contributed by atoms with Crippen molar-refractivity contribution in [3.63, 3.8) is 0 Å². The van der Waals surface area contributed by atoms with Gasteiger partial charge in [0.2, 0.25) is 0 Å². The Morgan fingerprint density at radius 2 is 1.52 bits per heavy atom. The minimum Gasteiger partial charge on any atom is -0.348 e. The summed E-state index contributed by atoms with van der Waals surface area (Å²) in [6.45, 7) is 9.02. The van der Waals surface area contributed by atoms with Crippen molar-refractivity contribution >= 4 is 0 Å². The molecule has 0 amide bonds. The normalized spacial score (nSPS) is 33.7. The first-order valence-corrected chi connectivity index (χ1v) is 10.5. The molecular formula is C25H30O4. The largest absolute Gasteiger partial charge is 0.348 e.